The molecule has 2 aromatic carbocycles. The SMILES string of the molecule is COc1cc(OC)c(C(=O)Nc2cccc(C(C)=O)c2)c(OC)c1. The van der Waals surface area contributed by atoms with Crippen LogP contribution in [0.15, 0.2) is 36.4 Å². The summed E-state index contributed by atoms with van der Waals surface area (Å²) in [6.07, 6.45) is 0. The predicted molar refractivity (Wildman–Crippen MR) is 90.5 cm³/mol. The Morgan fingerprint density at radius 1 is 0.917 bits per heavy atom. The van der Waals surface area contributed by atoms with Crippen LogP contribution < -0.4 is 19.5 Å². The normalized spacial score (nSPS) is 10.0. The number of hydrogen-bond donors (Lipinski definition) is 1. The van der Waals surface area contributed by atoms with Crippen molar-refractivity contribution >= 4 is 17.4 Å². The van der Waals surface area contributed by atoms with Crippen molar-refractivity contribution in [2.45, 2.75) is 6.92 Å². The molecule has 6 heteroatoms. The van der Waals surface area contributed by atoms with E-state index in [1.165, 1.54) is 28.3 Å². The molecule has 0 saturated carbocycles. The number of amides is 1. The summed E-state index contributed by atoms with van der Waals surface area (Å²) in [5.41, 5.74) is 1.27. The summed E-state index contributed by atoms with van der Waals surface area (Å²) in [6, 6.07) is 9.91. The maximum Gasteiger partial charge on any atom is 0.263 e. The van der Waals surface area contributed by atoms with E-state index in [1.807, 2.05) is 0 Å². The molecule has 0 radical (unpaired) electrons. The number of nitrogens with one attached hydrogen (secondary N) is 1. The Labute approximate surface area is 140 Å². The number of carbonyl (C=O) groups is 2. The standard InChI is InChI=1S/C18H19NO5/c1-11(20)12-6-5-7-13(8-12)19-18(21)17-15(23-3)9-14(22-2)10-16(17)24-4/h5-10H,1-4H3,(H,19,21). The summed E-state index contributed by atoms with van der Waals surface area (Å²) < 4.78 is 15.7. The quantitative estimate of drug-likeness (QED) is 0.824. The molecule has 0 aliphatic heterocycles. The molecule has 1 N–H and O–H groups in total. The van der Waals surface area contributed by atoms with Crippen LogP contribution in [0.25, 0.3) is 0 Å². The third-order valence-electron chi connectivity index (χ3n) is 3.47. The lowest BCUT2D eigenvalue weighted by atomic mass is 10.1. The summed E-state index contributed by atoms with van der Waals surface area (Å²) in [4.78, 5) is 24.1. The minimum atomic E-state index is -0.410. The molecule has 0 fully saturated rings. The number of rotatable bonds is 6. The first kappa shape index (κ1) is 17.3. The number of methoxy groups -OCH3 is 3. The largest absolute Gasteiger partial charge is 0.496 e. The highest BCUT2D eigenvalue weighted by molar-refractivity contribution is 6.09. The number of ether oxygens (including phenoxy) is 3. The van der Waals surface area contributed by atoms with Crippen molar-refractivity contribution in [2.75, 3.05) is 26.6 Å². The van der Waals surface area contributed by atoms with Crippen LogP contribution in [0.3, 0.4) is 0 Å². The van der Waals surface area contributed by atoms with Gasteiger partial charge < -0.3 is 19.5 Å². The van der Waals surface area contributed by atoms with E-state index in [0.717, 1.165) is 0 Å². The lowest BCUT2D eigenvalue weighted by Crippen LogP contribution is -2.15. The first-order valence-electron chi connectivity index (χ1n) is 7.22. The zero-order valence-electron chi connectivity index (χ0n) is 14.0. The number of carbonyl (C=O) groups excluding carboxylic acids is 2. The minimum absolute atomic E-state index is 0.0780. The van der Waals surface area contributed by atoms with Crippen LogP contribution >= 0.6 is 0 Å². The van der Waals surface area contributed by atoms with Crippen LogP contribution in [0.5, 0.6) is 17.2 Å². The molecule has 0 spiro atoms. The highest BCUT2D eigenvalue weighted by Gasteiger charge is 2.20. The zero-order valence-corrected chi connectivity index (χ0v) is 14.0. The Kier molecular flexibility index (Phi) is 5.42. The number of Topliss-reactive ketones (excluding diaryl/α,β-unsaturated/α-hetero) is 1. The van der Waals surface area contributed by atoms with Gasteiger partial charge in [0.1, 0.15) is 22.8 Å². The van der Waals surface area contributed by atoms with E-state index in [1.54, 1.807) is 36.4 Å². The zero-order chi connectivity index (χ0) is 17.7. The Balaban J connectivity index is 2.39. The number of hydrogen-bond acceptors (Lipinski definition) is 5. The fourth-order valence-electron chi connectivity index (χ4n) is 2.24. The van der Waals surface area contributed by atoms with E-state index >= 15 is 0 Å². The Morgan fingerprint density at radius 2 is 1.54 bits per heavy atom. The molecule has 0 aliphatic carbocycles. The molecule has 6 nitrogen and oxygen atoms in total. The average Bonchev–Trinajstić information content (AvgIpc) is 2.60. The summed E-state index contributed by atoms with van der Waals surface area (Å²) in [6.45, 7) is 1.47. The van der Waals surface area contributed by atoms with Gasteiger partial charge in [-0.05, 0) is 19.1 Å². The summed E-state index contributed by atoms with van der Waals surface area (Å²) in [7, 11) is 4.43. The van der Waals surface area contributed by atoms with Gasteiger partial charge in [-0.1, -0.05) is 12.1 Å². The number of ketones is 1. The highest BCUT2D eigenvalue weighted by atomic mass is 16.5. The van der Waals surface area contributed by atoms with Crippen LogP contribution in [-0.2, 0) is 0 Å². The Bertz CT molecular complexity index is 745. The van der Waals surface area contributed by atoms with Crippen LogP contribution in [0.1, 0.15) is 27.6 Å². The predicted octanol–water partition coefficient (Wildman–Crippen LogP) is 3.17. The first-order valence-corrected chi connectivity index (χ1v) is 7.22. The fourth-order valence-corrected chi connectivity index (χ4v) is 2.24. The van der Waals surface area contributed by atoms with Gasteiger partial charge >= 0.3 is 0 Å². The molecule has 2 aromatic rings. The second kappa shape index (κ2) is 7.50. The van der Waals surface area contributed by atoms with Gasteiger partial charge in [0.25, 0.3) is 5.91 Å². The maximum absolute atomic E-state index is 12.7. The lowest BCUT2D eigenvalue weighted by molar-refractivity contribution is 0.100. The van der Waals surface area contributed by atoms with Crippen molar-refractivity contribution in [3.8, 4) is 17.2 Å². The molecule has 0 aliphatic rings. The maximum atomic E-state index is 12.7. The minimum Gasteiger partial charge on any atom is -0.496 e. The third kappa shape index (κ3) is 3.65. The van der Waals surface area contributed by atoms with E-state index < -0.39 is 5.91 Å². The highest BCUT2D eigenvalue weighted by Crippen LogP contribution is 2.34. The lowest BCUT2D eigenvalue weighted by Gasteiger charge is -2.15. The van der Waals surface area contributed by atoms with Gasteiger partial charge in [-0.3, -0.25) is 9.59 Å². The van der Waals surface area contributed by atoms with Crippen molar-refractivity contribution in [3.05, 3.63) is 47.5 Å². The van der Waals surface area contributed by atoms with Crippen LogP contribution in [-0.4, -0.2) is 33.0 Å². The van der Waals surface area contributed by atoms with Crippen molar-refractivity contribution in [3.63, 3.8) is 0 Å². The van der Waals surface area contributed by atoms with Gasteiger partial charge in [0.2, 0.25) is 0 Å². The van der Waals surface area contributed by atoms with E-state index in [-0.39, 0.29) is 11.3 Å². The van der Waals surface area contributed by atoms with Gasteiger partial charge in [0.15, 0.2) is 5.78 Å². The van der Waals surface area contributed by atoms with E-state index in [9.17, 15) is 9.59 Å². The summed E-state index contributed by atoms with van der Waals surface area (Å²) in [5, 5.41) is 2.75. The molecule has 2 rings (SSSR count). The number of anilines is 1. The molecule has 1 amide bonds. The van der Waals surface area contributed by atoms with E-state index in [4.69, 9.17) is 14.2 Å². The second-order valence-electron chi connectivity index (χ2n) is 5.00. The molecular formula is C18H19NO5. The Hall–Kier alpha value is -3.02. The van der Waals surface area contributed by atoms with Crippen LogP contribution in [0.4, 0.5) is 5.69 Å². The first-order chi connectivity index (χ1) is 11.5. The molecule has 0 aromatic heterocycles. The van der Waals surface area contributed by atoms with Gasteiger partial charge in [-0.2, -0.15) is 0 Å². The van der Waals surface area contributed by atoms with Crippen molar-refractivity contribution in [1.29, 1.82) is 0 Å². The topological polar surface area (TPSA) is 73.9 Å². The monoisotopic (exact) mass is 329 g/mol. The van der Waals surface area contributed by atoms with Gasteiger partial charge in [-0.15, -0.1) is 0 Å². The van der Waals surface area contributed by atoms with Gasteiger partial charge in [0, 0.05) is 23.4 Å². The van der Waals surface area contributed by atoms with E-state index in [0.29, 0.717) is 28.5 Å². The van der Waals surface area contributed by atoms with Crippen molar-refractivity contribution in [2.24, 2.45) is 0 Å². The van der Waals surface area contributed by atoms with Crippen LogP contribution in [0.2, 0.25) is 0 Å². The average molecular weight is 329 g/mol. The molecule has 0 atom stereocenters. The van der Waals surface area contributed by atoms with E-state index in [2.05, 4.69) is 5.32 Å². The second-order valence-corrected chi connectivity index (χ2v) is 5.00. The van der Waals surface area contributed by atoms with Gasteiger partial charge in [-0.25, -0.2) is 0 Å². The molecule has 0 bridgehead atoms. The van der Waals surface area contributed by atoms with Crippen molar-refractivity contribution in [1.82, 2.24) is 0 Å². The summed E-state index contributed by atoms with van der Waals surface area (Å²) in [5.74, 6) is 0.675. The molecular weight excluding hydrogens is 310 g/mol. The van der Waals surface area contributed by atoms with Crippen LogP contribution in [0, 0.1) is 0 Å². The molecule has 24 heavy (non-hydrogen) atoms. The molecule has 0 unspecified atom stereocenters. The van der Waals surface area contributed by atoms with Gasteiger partial charge in [0.05, 0.1) is 21.3 Å². The number of benzene rings is 2. The summed E-state index contributed by atoms with van der Waals surface area (Å²) >= 11 is 0. The Morgan fingerprint density at radius 3 is 2.04 bits per heavy atom. The fraction of sp³-hybridized carbons (Fsp3) is 0.222. The van der Waals surface area contributed by atoms with Crippen molar-refractivity contribution < 1.29 is 23.8 Å². The third-order valence-corrected chi connectivity index (χ3v) is 3.47. The molecule has 0 heterocycles. The molecule has 0 saturated heterocycles. The smallest absolute Gasteiger partial charge is 0.263 e. The molecule has 126 valence electrons.